The van der Waals surface area contributed by atoms with Crippen LogP contribution in [0.15, 0.2) is 30.3 Å². The van der Waals surface area contributed by atoms with E-state index in [2.05, 4.69) is 10.2 Å². The molecule has 1 aromatic carbocycles. The Bertz CT molecular complexity index is 615. The molecule has 0 bridgehead atoms. The number of amides is 1. The molecule has 0 spiro atoms. The van der Waals surface area contributed by atoms with Gasteiger partial charge in [0.05, 0.1) is 25.2 Å². The van der Waals surface area contributed by atoms with Crippen LogP contribution in [-0.4, -0.2) is 71.4 Å². The Labute approximate surface area is 143 Å². The molecule has 0 aliphatic carbocycles. The van der Waals surface area contributed by atoms with Gasteiger partial charge in [0.15, 0.2) is 0 Å². The minimum absolute atomic E-state index is 0.130. The molecule has 7 nitrogen and oxygen atoms in total. The monoisotopic (exact) mass is 355 g/mol. The summed E-state index contributed by atoms with van der Waals surface area (Å²) in [6.07, 6.45) is 1.28. The van der Waals surface area contributed by atoms with Gasteiger partial charge in [-0.2, -0.15) is 0 Å². The molecule has 0 aromatic heterocycles. The van der Waals surface area contributed by atoms with Gasteiger partial charge in [-0.3, -0.25) is 14.0 Å². The molecule has 1 aromatic rings. The lowest BCUT2D eigenvalue weighted by molar-refractivity contribution is -0.120. The average molecular weight is 355 g/mol. The standard InChI is InChI=1S/C16H25N3O4S/c1-24(21,22)19(15-5-3-2-4-6-15)9-7-16(20)17-8-10-18-11-13-23-14-12-18/h2-6H,7-14H2,1H3,(H,17,20). The van der Waals surface area contributed by atoms with Gasteiger partial charge in [0.1, 0.15) is 0 Å². The SMILES string of the molecule is CS(=O)(=O)N(CCC(=O)NCCN1CCOCC1)c1ccccc1. The zero-order valence-electron chi connectivity index (χ0n) is 14.0. The van der Waals surface area contributed by atoms with Crippen LogP contribution in [0, 0.1) is 0 Å². The third-order valence-electron chi connectivity index (χ3n) is 3.84. The van der Waals surface area contributed by atoms with Crippen molar-refractivity contribution in [1.29, 1.82) is 0 Å². The third kappa shape index (κ3) is 6.10. The van der Waals surface area contributed by atoms with Crippen molar-refractivity contribution in [3.63, 3.8) is 0 Å². The van der Waals surface area contributed by atoms with Gasteiger partial charge in [-0.15, -0.1) is 0 Å². The number of nitrogens with zero attached hydrogens (tertiary/aromatic N) is 2. The highest BCUT2D eigenvalue weighted by Gasteiger charge is 2.18. The third-order valence-corrected chi connectivity index (χ3v) is 5.03. The van der Waals surface area contributed by atoms with Crippen molar-refractivity contribution in [1.82, 2.24) is 10.2 Å². The van der Waals surface area contributed by atoms with E-state index in [-0.39, 0.29) is 18.9 Å². The summed E-state index contributed by atoms with van der Waals surface area (Å²) in [6.45, 7) is 4.69. The van der Waals surface area contributed by atoms with Gasteiger partial charge in [-0.05, 0) is 12.1 Å². The van der Waals surface area contributed by atoms with E-state index in [9.17, 15) is 13.2 Å². The lowest BCUT2D eigenvalue weighted by Gasteiger charge is -2.26. The molecule has 1 aliphatic rings. The van der Waals surface area contributed by atoms with E-state index in [4.69, 9.17) is 4.74 Å². The number of benzene rings is 1. The first-order valence-corrected chi connectivity index (χ1v) is 9.91. The molecule has 1 heterocycles. The zero-order valence-corrected chi connectivity index (χ0v) is 14.8. The molecule has 1 aliphatic heterocycles. The fourth-order valence-corrected chi connectivity index (χ4v) is 3.48. The van der Waals surface area contributed by atoms with E-state index in [0.29, 0.717) is 12.2 Å². The first-order valence-electron chi connectivity index (χ1n) is 8.06. The summed E-state index contributed by atoms with van der Waals surface area (Å²) in [6, 6.07) is 8.81. The number of sulfonamides is 1. The number of ether oxygens (including phenoxy) is 1. The Balaban J connectivity index is 1.78. The van der Waals surface area contributed by atoms with Gasteiger partial charge in [0.2, 0.25) is 15.9 Å². The zero-order chi connectivity index (χ0) is 17.4. The van der Waals surface area contributed by atoms with Crippen LogP contribution in [0.2, 0.25) is 0 Å². The van der Waals surface area contributed by atoms with Gasteiger partial charge < -0.3 is 10.1 Å². The van der Waals surface area contributed by atoms with Crippen molar-refractivity contribution in [2.75, 3.05) is 56.5 Å². The molecule has 0 saturated carbocycles. The highest BCUT2D eigenvalue weighted by atomic mass is 32.2. The summed E-state index contributed by atoms with van der Waals surface area (Å²) in [5, 5.41) is 2.85. The number of hydrogen-bond acceptors (Lipinski definition) is 5. The van der Waals surface area contributed by atoms with E-state index in [1.807, 2.05) is 6.07 Å². The lowest BCUT2D eigenvalue weighted by Crippen LogP contribution is -2.42. The van der Waals surface area contributed by atoms with Crippen LogP contribution < -0.4 is 9.62 Å². The highest BCUT2D eigenvalue weighted by molar-refractivity contribution is 7.92. The predicted octanol–water partition coefficient (Wildman–Crippen LogP) is 0.291. The molecule has 0 atom stereocenters. The van der Waals surface area contributed by atoms with Crippen LogP contribution in [0.5, 0.6) is 0 Å². The van der Waals surface area contributed by atoms with Crippen LogP contribution in [0.3, 0.4) is 0 Å². The number of carbonyl (C=O) groups excluding carboxylic acids is 1. The van der Waals surface area contributed by atoms with Crippen LogP contribution in [0.1, 0.15) is 6.42 Å². The molecule has 0 unspecified atom stereocenters. The number of anilines is 1. The van der Waals surface area contributed by atoms with E-state index >= 15 is 0 Å². The van der Waals surface area contributed by atoms with E-state index in [0.717, 1.165) is 39.1 Å². The second-order valence-electron chi connectivity index (χ2n) is 5.72. The Kier molecular flexibility index (Phi) is 7.01. The largest absolute Gasteiger partial charge is 0.379 e. The minimum atomic E-state index is -3.42. The molecular formula is C16H25N3O4S. The quantitative estimate of drug-likeness (QED) is 0.725. The van der Waals surface area contributed by atoms with Gasteiger partial charge in [-0.1, -0.05) is 18.2 Å². The minimum Gasteiger partial charge on any atom is -0.379 e. The maximum Gasteiger partial charge on any atom is 0.232 e. The Morgan fingerprint density at radius 3 is 2.54 bits per heavy atom. The molecule has 1 saturated heterocycles. The van der Waals surface area contributed by atoms with Crippen LogP contribution in [-0.2, 0) is 19.6 Å². The normalized spacial score (nSPS) is 15.9. The van der Waals surface area contributed by atoms with Crippen LogP contribution >= 0.6 is 0 Å². The Hall–Kier alpha value is -1.64. The van der Waals surface area contributed by atoms with Crippen LogP contribution in [0.4, 0.5) is 5.69 Å². The number of rotatable bonds is 8. The van der Waals surface area contributed by atoms with Crippen molar-refractivity contribution in [3.05, 3.63) is 30.3 Å². The fourth-order valence-electron chi connectivity index (χ4n) is 2.55. The van der Waals surface area contributed by atoms with Gasteiger partial charge >= 0.3 is 0 Å². The highest BCUT2D eigenvalue weighted by Crippen LogP contribution is 2.16. The van der Waals surface area contributed by atoms with E-state index < -0.39 is 10.0 Å². The summed E-state index contributed by atoms with van der Waals surface area (Å²) in [4.78, 5) is 14.2. The smallest absolute Gasteiger partial charge is 0.232 e. The second-order valence-corrected chi connectivity index (χ2v) is 7.63. The summed E-state index contributed by atoms with van der Waals surface area (Å²) in [5.41, 5.74) is 0.570. The molecule has 1 amide bonds. The Morgan fingerprint density at radius 1 is 1.25 bits per heavy atom. The second kappa shape index (κ2) is 9.00. The number of nitrogens with one attached hydrogen (secondary N) is 1. The number of para-hydroxylation sites is 1. The van der Waals surface area contributed by atoms with Crippen molar-refractivity contribution in [3.8, 4) is 0 Å². The summed E-state index contributed by atoms with van der Waals surface area (Å²) >= 11 is 0. The van der Waals surface area contributed by atoms with Crippen molar-refractivity contribution < 1.29 is 17.9 Å². The van der Waals surface area contributed by atoms with E-state index in [1.54, 1.807) is 24.3 Å². The molecule has 1 N–H and O–H groups in total. The average Bonchev–Trinajstić information content (AvgIpc) is 2.56. The fraction of sp³-hybridized carbons (Fsp3) is 0.562. The summed E-state index contributed by atoms with van der Waals surface area (Å²) in [5.74, 6) is -0.146. The van der Waals surface area contributed by atoms with Gasteiger partial charge in [-0.25, -0.2) is 8.42 Å². The van der Waals surface area contributed by atoms with Crippen LogP contribution in [0.25, 0.3) is 0 Å². The first-order chi connectivity index (χ1) is 11.5. The predicted molar refractivity (Wildman–Crippen MR) is 93.5 cm³/mol. The maximum atomic E-state index is 12.0. The van der Waals surface area contributed by atoms with Crippen molar-refractivity contribution in [2.24, 2.45) is 0 Å². The van der Waals surface area contributed by atoms with Crippen molar-refractivity contribution >= 4 is 21.6 Å². The number of hydrogen-bond donors (Lipinski definition) is 1. The maximum absolute atomic E-state index is 12.0. The first kappa shape index (κ1) is 18.7. The topological polar surface area (TPSA) is 79.0 Å². The molecule has 1 fully saturated rings. The lowest BCUT2D eigenvalue weighted by atomic mass is 10.3. The summed E-state index contributed by atoms with van der Waals surface area (Å²) in [7, 11) is -3.42. The molecule has 2 rings (SSSR count). The molecule has 24 heavy (non-hydrogen) atoms. The molecule has 134 valence electrons. The van der Waals surface area contributed by atoms with Gasteiger partial charge in [0.25, 0.3) is 0 Å². The molecule has 0 radical (unpaired) electrons. The molecular weight excluding hydrogens is 330 g/mol. The molecule has 8 heteroatoms. The summed E-state index contributed by atoms with van der Waals surface area (Å²) < 4.78 is 30.4. The Morgan fingerprint density at radius 2 is 1.92 bits per heavy atom. The number of carbonyl (C=O) groups is 1. The number of morpholine rings is 1. The van der Waals surface area contributed by atoms with E-state index in [1.165, 1.54) is 4.31 Å². The van der Waals surface area contributed by atoms with Gasteiger partial charge in [0, 0.05) is 39.1 Å². The van der Waals surface area contributed by atoms with Crippen molar-refractivity contribution in [2.45, 2.75) is 6.42 Å².